The average Bonchev–Trinajstić information content (AvgIpc) is 3.82. The lowest BCUT2D eigenvalue weighted by Gasteiger charge is -2.35. The predicted molar refractivity (Wildman–Crippen MR) is 229 cm³/mol. The summed E-state index contributed by atoms with van der Waals surface area (Å²) in [6.45, 7) is 11.0. The minimum Gasteiger partial charge on any atom is -0.497 e. The van der Waals surface area contributed by atoms with Gasteiger partial charge in [-0.1, -0.05) is 35.3 Å². The Bertz CT molecular complexity index is 2760. The SMILES string of the molecule is COc1cc(N2C[C@@H](C)n3c(c(CCCOc4cc(C)c(Cl)c(C)c4)c4ccc(Cl)c(-c5c(C)nn(C)c5C)c43)C2=O)c2c(c1)c(C(=O)O)cn2Cc1ccccn1. The first kappa shape index (κ1) is 39.1. The third kappa shape index (κ3) is 6.56. The summed E-state index contributed by atoms with van der Waals surface area (Å²) in [5.41, 5.74) is 9.78. The maximum absolute atomic E-state index is 15.5. The summed E-state index contributed by atoms with van der Waals surface area (Å²) in [4.78, 5) is 34.5. The van der Waals surface area contributed by atoms with E-state index in [0.717, 1.165) is 66.6 Å². The number of carboxylic acids is 1. The Labute approximate surface area is 346 Å². The van der Waals surface area contributed by atoms with Gasteiger partial charge in [-0.05, 0) is 101 Å². The zero-order valence-electron chi connectivity index (χ0n) is 33.5. The van der Waals surface area contributed by atoms with E-state index in [1.165, 1.54) is 7.11 Å². The number of rotatable bonds is 11. The zero-order valence-corrected chi connectivity index (χ0v) is 35.0. The summed E-state index contributed by atoms with van der Waals surface area (Å²) < 4.78 is 17.9. The Hall–Kier alpha value is -5.78. The van der Waals surface area contributed by atoms with Crippen molar-refractivity contribution in [3.05, 3.63) is 122 Å². The van der Waals surface area contributed by atoms with E-state index in [0.29, 0.717) is 65.6 Å². The molecule has 0 spiro atoms. The predicted octanol–water partition coefficient (Wildman–Crippen LogP) is 9.92. The van der Waals surface area contributed by atoms with E-state index in [-0.39, 0.29) is 17.5 Å². The van der Waals surface area contributed by atoms with Crippen LogP contribution in [0.15, 0.2) is 67.0 Å². The summed E-state index contributed by atoms with van der Waals surface area (Å²) in [5.74, 6) is -0.116. The number of carbonyl (C=O) groups excluding carboxylic acids is 1. The molecule has 1 atom stereocenters. The second kappa shape index (κ2) is 15.2. The molecule has 0 radical (unpaired) electrons. The third-order valence-corrected chi connectivity index (χ3v) is 12.2. The molecule has 0 unspecified atom stereocenters. The molecule has 0 fully saturated rings. The number of amides is 1. The second-order valence-electron chi connectivity index (χ2n) is 15.1. The maximum atomic E-state index is 15.5. The average molecular weight is 820 g/mol. The molecule has 0 aliphatic carbocycles. The van der Waals surface area contributed by atoms with Crippen LogP contribution in [0.3, 0.4) is 0 Å². The van der Waals surface area contributed by atoms with E-state index >= 15 is 4.79 Å². The van der Waals surface area contributed by atoms with Crippen LogP contribution in [0, 0.1) is 27.7 Å². The minimum absolute atomic E-state index is 0.103. The summed E-state index contributed by atoms with van der Waals surface area (Å²) in [6, 6.07) is 16.7. The van der Waals surface area contributed by atoms with Crippen LogP contribution < -0.4 is 14.4 Å². The van der Waals surface area contributed by atoms with Gasteiger partial charge in [0.15, 0.2) is 0 Å². The highest BCUT2D eigenvalue weighted by molar-refractivity contribution is 6.35. The first-order chi connectivity index (χ1) is 27.8. The molecule has 13 heteroatoms. The largest absolute Gasteiger partial charge is 0.497 e. The zero-order chi connectivity index (χ0) is 41.2. The molecule has 0 saturated carbocycles. The van der Waals surface area contributed by atoms with Crippen LogP contribution in [0.1, 0.15) is 74.0 Å². The number of hydrogen-bond acceptors (Lipinski definition) is 6. The van der Waals surface area contributed by atoms with Crippen LogP contribution in [-0.2, 0) is 20.0 Å². The number of halogens is 2. The van der Waals surface area contributed by atoms with Crippen molar-refractivity contribution >= 4 is 62.6 Å². The number of nitrogens with zero attached hydrogens (tertiary/aromatic N) is 6. The number of benzene rings is 3. The van der Waals surface area contributed by atoms with E-state index in [2.05, 4.69) is 16.5 Å². The monoisotopic (exact) mass is 818 g/mol. The first-order valence-corrected chi connectivity index (χ1v) is 20.0. The summed E-state index contributed by atoms with van der Waals surface area (Å²) in [5, 5.41) is 17.8. The Morgan fingerprint density at radius 1 is 0.966 bits per heavy atom. The highest BCUT2D eigenvalue weighted by Gasteiger charge is 2.38. The quantitative estimate of drug-likeness (QED) is 0.129. The fourth-order valence-electron chi connectivity index (χ4n) is 8.61. The lowest BCUT2D eigenvalue weighted by molar-refractivity contribution is 0.0698. The molecule has 11 nitrogen and oxygen atoms in total. The van der Waals surface area contributed by atoms with Gasteiger partial charge in [0.2, 0.25) is 0 Å². The van der Waals surface area contributed by atoms with Crippen LogP contribution in [0.2, 0.25) is 10.0 Å². The maximum Gasteiger partial charge on any atom is 0.337 e. The number of hydrogen-bond donors (Lipinski definition) is 1. The van der Waals surface area contributed by atoms with Crippen LogP contribution in [-0.4, -0.2) is 61.1 Å². The summed E-state index contributed by atoms with van der Waals surface area (Å²) in [7, 11) is 3.45. The fraction of sp³-hybridized carbons (Fsp3) is 0.289. The molecule has 1 aliphatic heterocycles. The second-order valence-corrected chi connectivity index (χ2v) is 15.9. The lowest BCUT2D eigenvalue weighted by atomic mass is 9.98. The number of aromatic carboxylic acids is 1. The minimum atomic E-state index is -1.08. The summed E-state index contributed by atoms with van der Waals surface area (Å²) in [6.07, 6.45) is 4.48. The van der Waals surface area contributed by atoms with Crippen molar-refractivity contribution in [2.24, 2.45) is 7.05 Å². The normalized spacial score (nSPS) is 14.1. The molecule has 1 N–H and O–H groups in total. The smallest absolute Gasteiger partial charge is 0.337 e. The standard InChI is InChI=1S/C45H44Cl2N6O5/c1-24-17-31(18-25(2)40(24)47)58-16-10-12-32-33-13-14-36(46)39(38-27(4)49-50(6)28(38)5)42(33)53-26(3)21-52(44(54)43(32)53)37-20-30(57-7)19-34-35(45(55)56)23-51(41(34)37)22-29-11-8-9-15-48-29/h8-9,11,13-15,17-20,23,26H,10,12,16,21-22H2,1-7H3,(H,55,56)/t26-/m1/s1. The Kier molecular flexibility index (Phi) is 10.2. The molecule has 298 valence electrons. The Balaban J connectivity index is 1.31. The molecular formula is C45H44Cl2N6O5. The first-order valence-electron chi connectivity index (χ1n) is 19.2. The van der Waals surface area contributed by atoms with Crippen molar-refractivity contribution in [3.8, 4) is 22.6 Å². The van der Waals surface area contributed by atoms with Crippen molar-refractivity contribution in [1.82, 2.24) is 23.9 Å². The number of aryl methyl sites for hydroxylation is 5. The van der Waals surface area contributed by atoms with Crippen LogP contribution >= 0.6 is 23.2 Å². The van der Waals surface area contributed by atoms with Crippen molar-refractivity contribution < 1.29 is 24.2 Å². The number of aromatic nitrogens is 5. The Morgan fingerprint density at radius 2 is 1.72 bits per heavy atom. The molecule has 5 heterocycles. The molecule has 3 aromatic carbocycles. The number of methoxy groups -OCH3 is 1. The number of ether oxygens (including phenoxy) is 2. The van der Waals surface area contributed by atoms with Crippen molar-refractivity contribution in [2.75, 3.05) is 25.2 Å². The van der Waals surface area contributed by atoms with Gasteiger partial charge in [-0.2, -0.15) is 5.10 Å². The van der Waals surface area contributed by atoms with Gasteiger partial charge in [0.05, 0.1) is 59.0 Å². The van der Waals surface area contributed by atoms with Gasteiger partial charge >= 0.3 is 5.97 Å². The molecule has 1 aliphatic rings. The van der Waals surface area contributed by atoms with Gasteiger partial charge in [0.25, 0.3) is 5.91 Å². The highest BCUT2D eigenvalue weighted by Crippen LogP contribution is 2.46. The van der Waals surface area contributed by atoms with E-state index in [1.807, 2.05) is 92.5 Å². The molecule has 58 heavy (non-hydrogen) atoms. The molecule has 0 saturated heterocycles. The van der Waals surface area contributed by atoms with E-state index < -0.39 is 5.97 Å². The molecular weight excluding hydrogens is 775 g/mol. The number of fused-ring (bicyclic) bond motifs is 4. The van der Waals surface area contributed by atoms with Crippen molar-refractivity contribution in [2.45, 2.75) is 60.0 Å². The Morgan fingerprint density at radius 3 is 2.38 bits per heavy atom. The highest BCUT2D eigenvalue weighted by atomic mass is 35.5. The van der Waals surface area contributed by atoms with Crippen molar-refractivity contribution in [3.63, 3.8) is 0 Å². The molecule has 4 aromatic heterocycles. The number of carboxylic acid groups (broad SMARTS) is 1. The van der Waals surface area contributed by atoms with Gasteiger partial charge in [-0.25, -0.2) is 4.79 Å². The van der Waals surface area contributed by atoms with Gasteiger partial charge in [-0.3, -0.25) is 14.5 Å². The van der Waals surface area contributed by atoms with Gasteiger partial charge in [0.1, 0.15) is 17.2 Å². The van der Waals surface area contributed by atoms with Crippen molar-refractivity contribution in [1.29, 1.82) is 0 Å². The molecule has 1 amide bonds. The van der Waals surface area contributed by atoms with E-state index in [9.17, 15) is 9.90 Å². The number of pyridine rings is 1. The number of carbonyl (C=O) groups is 2. The molecule has 7 aromatic rings. The molecule has 0 bridgehead atoms. The van der Waals surface area contributed by atoms with E-state index in [4.69, 9.17) is 37.8 Å². The summed E-state index contributed by atoms with van der Waals surface area (Å²) >= 11 is 13.6. The number of anilines is 1. The van der Waals surface area contributed by atoms with E-state index in [1.54, 1.807) is 23.4 Å². The fourth-order valence-corrected chi connectivity index (χ4v) is 8.97. The van der Waals surface area contributed by atoms with Crippen LogP contribution in [0.5, 0.6) is 11.5 Å². The third-order valence-electron chi connectivity index (χ3n) is 11.3. The van der Waals surface area contributed by atoms with Gasteiger partial charge < -0.3 is 28.6 Å². The topological polar surface area (TPSA) is 117 Å². The molecule has 8 rings (SSSR count). The van der Waals surface area contributed by atoms with Gasteiger partial charge in [-0.15, -0.1) is 0 Å². The van der Waals surface area contributed by atoms with Gasteiger partial charge in [0, 0.05) is 70.7 Å². The lowest BCUT2D eigenvalue weighted by Crippen LogP contribution is -2.43. The van der Waals surface area contributed by atoms with Crippen LogP contribution in [0.25, 0.3) is 32.9 Å². The van der Waals surface area contributed by atoms with Crippen LogP contribution in [0.4, 0.5) is 5.69 Å².